The molecule has 3 N–H and O–H groups in total. The maximum absolute atomic E-state index is 10.3. The third-order valence-corrected chi connectivity index (χ3v) is 1.48. The number of carbonyl (C=O) groups excluding carboxylic acids is 1. The second-order valence-electron chi connectivity index (χ2n) is 2.55. The van der Waals surface area contributed by atoms with Crippen LogP contribution in [0, 0.1) is 0 Å². The Balaban J connectivity index is 2.32. The molecule has 0 radical (unpaired) electrons. The summed E-state index contributed by atoms with van der Waals surface area (Å²) in [6.07, 6.45) is 3.03. The van der Waals surface area contributed by atoms with Crippen LogP contribution < -0.4 is 11.1 Å². The van der Waals surface area contributed by atoms with Gasteiger partial charge in [0.1, 0.15) is 0 Å². The molecule has 0 saturated heterocycles. The van der Waals surface area contributed by atoms with Crippen molar-refractivity contribution in [1.82, 2.24) is 0 Å². The predicted octanol–water partition coefficient (Wildman–Crippen LogP) is 1.14. The number of rotatable bonds is 4. The summed E-state index contributed by atoms with van der Waals surface area (Å²) in [5.74, 6) is -0.421. The lowest BCUT2D eigenvalue weighted by Gasteiger charge is -2.00. The molecule has 0 heterocycles. The second-order valence-corrected chi connectivity index (χ2v) is 2.55. The standard InChI is InChI=1S/C10H12N2O/c11-10(13)7-4-8-12-9-5-2-1-3-6-9/h1-7,12H,8H2,(H2,11,13). The van der Waals surface area contributed by atoms with Gasteiger partial charge in [0.25, 0.3) is 0 Å². The summed E-state index contributed by atoms with van der Waals surface area (Å²) in [7, 11) is 0. The molecule has 68 valence electrons. The van der Waals surface area contributed by atoms with Crippen molar-refractivity contribution >= 4 is 11.6 Å². The molecule has 0 aliphatic rings. The lowest BCUT2D eigenvalue weighted by atomic mass is 10.3. The molecular weight excluding hydrogens is 164 g/mol. The van der Waals surface area contributed by atoms with Gasteiger partial charge in [-0.3, -0.25) is 4.79 Å². The van der Waals surface area contributed by atoms with Gasteiger partial charge in [-0.1, -0.05) is 24.3 Å². The number of hydrogen-bond donors (Lipinski definition) is 2. The highest BCUT2D eigenvalue weighted by atomic mass is 16.1. The average Bonchev–Trinajstić information content (AvgIpc) is 2.14. The molecule has 13 heavy (non-hydrogen) atoms. The fourth-order valence-corrected chi connectivity index (χ4v) is 0.908. The molecule has 1 aromatic rings. The predicted molar refractivity (Wildman–Crippen MR) is 53.3 cm³/mol. The first kappa shape index (κ1) is 9.32. The largest absolute Gasteiger partial charge is 0.382 e. The minimum Gasteiger partial charge on any atom is -0.382 e. The van der Waals surface area contributed by atoms with E-state index in [0.29, 0.717) is 6.54 Å². The van der Waals surface area contributed by atoms with E-state index in [4.69, 9.17) is 5.73 Å². The van der Waals surface area contributed by atoms with Crippen LogP contribution >= 0.6 is 0 Å². The van der Waals surface area contributed by atoms with Gasteiger partial charge in [-0.05, 0) is 12.1 Å². The van der Waals surface area contributed by atoms with Gasteiger partial charge in [-0.2, -0.15) is 0 Å². The molecule has 3 heteroatoms. The van der Waals surface area contributed by atoms with Gasteiger partial charge in [0.2, 0.25) is 5.91 Å². The van der Waals surface area contributed by atoms with Gasteiger partial charge >= 0.3 is 0 Å². The highest BCUT2D eigenvalue weighted by Gasteiger charge is 1.85. The molecule has 0 atom stereocenters. The Labute approximate surface area is 77.3 Å². The van der Waals surface area contributed by atoms with Crippen molar-refractivity contribution < 1.29 is 4.79 Å². The Morgan fingerprint density at radius 1 is 1.38 bits per heavy atom. The highest BCUT2D eigenvalue weighted by Crippen LogP contribution is 2.03. The Bertz CT molecular complexity index is 293. The Hall–Kier alpha value is -1.77. The van der Waals surface area contributed by atoms with Crippen molar-refractivity contribution in [2.24, 2.45) is 5.73 Å². The number of anilines is 1. The van der Waals surface area contributed by atoms with Crippen molar-refractivity contribution in [3.63, 3.8) is 0 Å². The third-order valence-electron chi connectivity index (χ3n) is 1.48. The molecule has 0 fully saturated rings. The smallest absolute Gasteiger partial charge is 0.241 e. The maximum atomic E-state index is 10.3. The van der Waals surface area contributed by atoms with Crippen molar-refractivity contribution in [3.8, 4) is 0 Å². The summed E-state index contributed by atoms with van der Waals surface area (Å²) in [5, 5.41) is 3.11. The SMILES string of the molecule is NC(=O)C=CCNc1ccccc1. The average molecular weight is 176 g/mol. The molecule has 0 unspecified atom stereocenters. The van der Waals surface area contributed by atoms with Gasteiger partial charge in [0, 0.05) is 18.3 Å². The molecule has 1 aromatic carbocycles. The molecule has 0 aliphatic carbocycles. The van der Waals surface area contributed by atoms with Crippen molar-refractivity contribution in [2.45, 2.75) is 0 Å². The number of amides is 1. The number of para-hydroxylation sites is 1. The fraction of sp³-hybridized carbons (Fsp3) is 0.100. The van der Waals surface area contributed by atoms with Crippen molar-refractivity contribution in [3.05, 3.63) is 42.5 Å². The summed E-state index contributed by atoms with van der Waals surface area (Å²) >= 11 is 0. The Morgan fingerprint density at radius 2 is 2.08 bits per heavy atom. The van der Waals surface area contributed by atoms with Gasteiger partial charge in [-0.25, -0.2) is 0 Å². The van der Waals surface area contributed by atoms with E-state index in [1.165, 1.54) is 6.08 Å². The zero-order valence-corrected chi connectivity index (χ0v) is 7.23. The Morgan fingerprint density at radius 3 is 2.69 bits per heavy atom. The number of primary amides is 1. The maximum Gasteiger partial charge on any atom is 0.241 e. The molecular formula is C10H12N2O. The van der Waals surface area contributed by atoms with E-state index in [2.05, 4.69) is 5.32 Å². The van der Waals surface area contributed by atoms with E-state index < -0.39 is 5.91 Å². The zero-order valence-electron chi connectivity index (χ0n) is 7.23. The molecule has 1 amide bonds. The van der Waals surface area contributed by atoms with Crippen LogP contribution in [0.25, 0.3) is 0 Å². The molecule has 0 spiro atoms. The van der Waals surface area contributed by atoms with Crippen LogP contribution in [0.2, 0.25) is 0 Å². The van der Waals surface area contributed by atoms with Gasteiger partial charge < -0.3 is 11.1 Å². The van der Waals surface area contributed by atoms with Crippen LogP contribution in [-0.4, -0.2) is 12.5 Å². The van der Waals surface area contributed by atoms with E-state index in [-0.39, 0.29) is 0 Å². The van der Waals surface area contributed by atoms with E-state index in [1.54, 1.807) is 6.08 Å². The van der Waals surface area contributed by atoms with Gasteiger partial charge in [-0.15, -0.1) is 0 Å². The summed E-state index contributed by atoms with van der Waals surface area (Å²) < 4.78 is 0. The summed E-state index contributed by atoms with van der Waals surface area (Å²) in [6, 6.07) is 9.75. The lowest BCUT2D eigenvalue weighted by molar-refractivity contribution is -0.113. The molecule has 0 bridgehead atoms. The minimum absolute atomic E-state index is 0.421. The first-order valence-electron chi connectivity index (χ1n) is 4.04. The van der Waals surface area contributed by atoms with Crippen LogP contribution in [0.5, 0.6) is 0 Å². The number of benzene rings is 1. The first-order chi connectivity index (χ1) is 6.29. The zero-order chi connectivity index (χ0) is 9.52. The third kappa shape index (κ3) is 3.96. The van der Waals surface area contributed by atoms with E-state index in [9.17, 15) is 4.79 Å². The number of hydrogen-bond acceptors (Lipinski definition) is 2. The molecule has 0 saturated carbocycles. The summed E-state index contributed by atoms with van der Waals surface area (Å²) in [5.41, 5.74) is 5.94. The van der Waals surface area contributed by atoms with Crippen LogP contribution in [0.4, 0.5) is 5.69 Å². The molecule has 1 rings (SSSR count). The van der Waals surface area contributed by atoms with E-state index in [0.717, 1.165) is 5.69 Å². The highest BCUT2D eigenvalue weighted by molar-refractivity contribution is 5.85. The summed E-state index contributed by atoms with van der Waals surface area (Å²) in [6.45, 7) is 0.604. The minimum atomic E-state index is -0.421. The fourth-order valence-electron chi connectivity index (χ4n) is 0.908. The van der Waals surface area contributed by atoms with E-state index >= 15 is 0 Å². The van der Waals surface area contributed by atoms with Gasteiger partial charge in [0.15, 0.2) is 0 Å². The van der Waals surface area contributed by atoms with Crippen molar-refractivity contribution in [2.75, 3.05) is 11.9 Å². The van der Waals surface area contributed by atoms with Crippen LogP contribution in [0.1, 0.15) is 0 Å². The lowest BCUT2D eigenvalue weighted by Crippen LogP contribution is -2.07. The number of nitrogens with one attached hydrogen (secondary N) is 1. The summed E-state index contributed by atoms with van der Waals surface area (Å²) in [4.78, 5) is 10.3. The number of carbonyl (C=O) groups is 1. The number of nitrogens with two attached hydrogens (primary N) is 1. The van der Waals surface area contributed by atoms with Gasteiger partial charge in [0.05, 0.1) is 0 Å². The molecule has 0 aromatic heterocycles. The quantitative estimate of drug-likeness (QED) is 0.676. The van der Waals surface area contributed by atoms with Crippen LogP contribution in [0.3, 0.4) is 0 Å². The van der Waals surface area contributed by atoms with Crippen molar-refractivity contribution in [1.29, 1.82) is 0 Å². The molecule has 3 nitrogen and oxygen atoms in total. The second kappa shape index (κ2) is 4.98. The van der Waals surface area contributed by atoms with E-state index in [1.807, 2.05) is 30.3 Å². The topological polar surface area (TPSA) is 55.1 Å². The molecule has 0 aliphatic heterocycles. The van der Waals surface area contributed by atoms with Crippen LogP contribution in [0.15, 0.2) is 42.5 Å². The normalized spacial score (nSPS) is 10.2. The first-order valence-corrected chi connectivity index (χ1v) is 4.04. The Kier molecular flexibility index (Phi) is 3.57. The monoisotopic (exact) mass is 176 g/mol. The van der Waals surface area contributed by atoms with Crippen LogP contribution in [-0.2, 0) is 4.79 Å².